The summed E-state index contributed by atoms with van der Waals surface area (Å²) >= 11 is 0. The Morgan fingerprint density at radius 2 is 1.94 bits per heavy atom. The van der Waals surface area contributed by atoms with Crippen LogP contribution in [0.5, 0.6) is 0 Å². The van der Waals surface area contributed by atoms with Crippen molar-refractivity contribution in [3.05, 3.63) is 11.8 Å². The predicted molar refractivity (Wildman–Crippen MR) is 53.1 cm³/mol. The number of hydrogen-bond donors (Lipinski definition) is 0. The van der Waals surface area contributed by atoms with Crippen LogP contribution in [0.3, 0.4) is 0 Å². The molecule has 0 amide bonds. The quantitative estimate of drug-likeness (QED) is 0.805. The summed E-state index contributed by atoms with van der Waals surface area (Å²) in [6, 6.07) is 0. The van der Waals surface area contributed by atoms with E-state index in [1.807, 2.05) is 4.90 Å². The molecule has 1 aliphatic heterocycles. The summed E-state index contributed by atoms with van der Waals surface area (Å²) < 4.78 is 42.5. The minimum atomic E-state index is -4.06. The summed E-state index contributed by atoms with van der Waals surface area (Å²) in [6.45, 7) is 2.97. The Bertz CT molecular complexity index is 369. The Morgan fingerprint density at radius 3 is 2.41 bits per heavy atom. The number of halogens is 3. The van der Waals surface area contributed by atoms with E-state index in [0.717, 1.165) is 0 Å². The van der Waals surface area contributed by atoms with Gasteiger partial charge < -0.3 is 4.42 Å². The molecule has 0 aliphatic carbocycles. The minimum Gasteiger partial charge on any atom is -0.424 e. The molecule has 0 radical (unpaired) electrons. The van der Waals surface area contributed by atoms with Gasteiger partial charge in [0.1, 0.15) is 0 Å². The third-order valence-electron chi connectivity index (χ3n) is 2.98. The summed E-state index contributed by atoms with van der Waals surface area (Å²) in [4.78, 5) is 1.91. The van der Waals surface area contributed by atoms with Crippen molar-refractivity contribution < 1.29 is 17.6 Å². The van der Waals surface area contributed by atoms with E-state index in [0.29, 0.717) is 31.4 Å². The first-order valence-electron chi connectivity index (χ1n) is 5.53. The van der Waals surface area contributed by atoms with Gasteiger partial charge in [-0.2, -0.15) is 13.2 Å². The molecule has 2 rings (SSSR count). The molecular formula is C10H14F3N3O. The highest BCUT2D eigenvalue weighted by molar-refractivity contribution is 4.83. The molecule has 1 aromatic heterocycles. The number of aryl methyl sites for hydroxylation is 1. The fourth-order valence-corrected chi connectivity index (χ4v) is 2.01. The number of hydrogen-bond acceptors (Lipinski definition) is 4. The number of likely N-dealkylation sites (tertiary alicyclic amines) is 1. The van der Waals surface area contributed by atoms with Crippen LogP contribution in [0.4, 0.5) is 13.2 Å². The highest BCUT2D eigenvalue weighted by Gasteiger charge is 2.41. The Labute approximate surface area is 96.8 Å². The minimum absolute atomic E-state index is 0.149. The van der Waals surface area contributed by atoms with Gasteiger partial charge in [0.05, 0.1) is 12.5 Å². The first-order valence-corrected chi connectivity index (χ1v) is 5.53. The van der Waals surface area contributed by atoms with Crippen LogP contribution in [0.15, 0.2) is 4.42 Å². The molecule has 0 aromatic carbocycles. The van der Waals surface area contributed by atoms with Gasteiger partial charge in [0.15, 0.2) is 0 Å². The zero-order valence-electron chi connectivity index (χ0n) is 9.50. The topological polar surface area (TPSA) is 42.2 Å². The molecule has 1 aromatic rings. The van der Waals surface area contributed by atoms with E-state index in [1.54, 1.807) is 6.92 Å². The first-order chi connectivity index (χ1) is 7.95. The number of rotatable bonds is 2. The molecule has 0 spiro atoms. The lowest BCUT2D eigenvalue weighted by atomic mass is 9.96. The summed E-state index contributed by atoms with van der Waals surface area (Å²) in [5, 5.41) is 7.51. The second-order valence-corrected chi connectivity index (χ2v) is 4.31. The molecule has 0 N–H and O–H groups in total. The normalized spacial score (nSPS) is 19.8. The number of piperidine rings is 1. The van der Waals surface area contributed by atoms with E-state index < -0.39 is 12.1 Å². The van der Waals surface area contributed by atoms with Crippen molar-refractivity contribution in [2.45, 2.75) is 32.5 Å². The van der Waals surface area contributed by atoms with Crippen LogP contribution >= 0.6 is 0 Å². The SMILES string of the molecule is Cc1nnc(CN2CCC(C(F)(F)F)CC2)o1. The fraction of sp³-hybridized carbons (Fsp3) is 0.800. The second kappa shape index (κ2) is 4.64. The van der Waals surface area contributed by atoms with Gasteiger partial charge in [0.2, 0.25) is 11.8 Å². The molecule has 1 saturated heterocycles. The van der Waals surface area contributed by atoms with Crippen LogP contribution in [0.2, 0.25) is 0 Å². The van der Waals surface area contributed by atoms with E-state index in [9.17, 15) is 13.2 Å². The standard InChI is InChI=1S/C10H14F3N3O/c1-7-14-15-9(17-7)6-16-4-2-8(3-5-16)10(11,12)13/h8H,2-6H2,1H3. The maximum Gasteiger partial charge on any atom is 0.391 e. The van der Waals surface area contributed by atoms with E-state index in [2.05, 4.69) is 10.2 Å². The highest BCUT2D eigenvalue weighted by Crippen LogP contribution is 2.34. The molecular weight excluding hydrogens is 235 g/mol. The van der Waals surface area contributed by atoms with Crippen LogP contribution in [-0.2, 0) is 6.54 Å². The van der Waals surface area contributed by atoms with Gasteiger partial charge in [-0.15, -0.1) is 10.2 Å². The van der Waals surface area contributed by atoms with Crippen molar-refractivity contribution in [1.29, 1.82) is 0 Å². The third kappa shape index (κ3) is 3.18. The lowest BCUT2D eigenvalue weighted by Gasteiger charge is -2.31. The van der Waals surface area contributed by atoms with Gasteiger partial charge in [0, 0.05) is 6.92 Å². The van der Waals surface area contributed by atoms with Crippen molar-refractivity contribution in [1.82, 2.24) is 15.1 Å². The molecule has 0 unspecified atom stereocenters. The molecule has 7 heteroatoms. The van der Waals surface area contributed by atoms with Gasteiger partial charge in [-0.3, -0.25) is 4.90 Å². The van der Waals surface area contributed by atoms with Crippen molar-refractivity contribution in [2.75, 3.05) is 13.1 Å². The third-order valence-corrected chi connectivity index (χ3v) is 2.98. The Kier molecular flexibility index (Phi) is 3.37. The Hall–Kier alpha value is -1.11. The molecule has 0 saturated carbocycles. The van der Waals surface area contributed by atoms with E-state index >= 15 is 0 Å². The van der Waals surface area contributed by atoms with Gasteiger partial charge in [-0.1, -0.05) is 0 Å². The molecule has 1 fully saturated rings. The van der Waals surface area contributed by atoms with Crippen LogP contribution < -0.4 is 0 Å². The van der Waals surface area contributed by atoms with Crippen LogP contribution in [0.25, 0.3) is 0 Å². The average Bonchev–Trinajstić information content (AvgIpc) is 2.63. The van der Waals surface area contributed by atoms with Gasteiger partial charge in [-0.05, 0) is 25.9 Å². The van der Waals surface area contributed by atoms with Gasteiger partial charge in [-0.25, -0.2) is 0 Å². The summed E-state index contributed by atoms with van der Waals surface area (Å²) in [5.41, 5.74) is 0. The molecule has 17 heavy (non-hydrogen) atoms. The summed E-state index contributed by atoms with van der Waals surface area (Å²) in [6.07, 6.45) is -3.76. The number of nitrogens with zero attached hydrogens (tertiary/aromatic N) is 3. The first kappa shape index (κ1) is 12.3. The zero-order chi connectivity index (χ0) is 12.5. The number of aromatic nitrogens is 2. The Morgan fingerprint density at radius 1 is 1.29 bits per heavy atom. The Balaban J connectivity index is 1.83. The van der Waals surface area contributed by atoms with Crippen LogP contribution in [0.1, 0.15) is 24.6 Å². The van der Waals surface area contributed by atoms with Gasteiger partial charge in [0.25, 0.3) is 0 Å². The average molecular weight is 249 g/mol. The largest absolute Gasteiger partial charge is 0.424 e. The van der Waals surface area contributed by atoms with Crippen molar-refractivity contribution in [3.63, 3.8) is 0 Å². The smallest absolute Gasteiger partial charge is 0.391 e. The maximum absolute atomic E-state index is 12.4. The number of alkyl halides is 3. The zero-order valence-corrected chi connectivity index (χ0v) is 9.50. The van der Waals surface area contributed by atoms with Crippen LogP contribution in [0, 0.1) is 12.8 Å². The molecule has 0 atom stereocenters. The molecule has 2 heterocycles. The van der Waals surface area contributed by atoms with Crippen LogP contribution in [-0.4, -0.2) is 34.4 Å². The van der Waals surface area contributed by atoms with E-state index in [-0.39, 0.29) is 12.8 Å². The van der Waals surface area contributed by atoms with E-state index in [4.69, 9.17) is 4.42 Å². The van der Waals surface area contributed by atoms with Crippen molar-refractivity contribution >= 4 is 0 Å². The van der Waals surface area contributed by atoms with Crippen molar-refractivity contribution in [2.24, 2.45) is 5.92 Å². The predicted octanol–water partition coefficient (Wildman–Crippen LogP) is 2.15. The molecule has 1 aliphatic rings. The summed E-state index contributed by atoms with van der Waals surface area (Å²) in [5.74, 6) is -0.221. The highest BCUT2D eigenvalue weighted by atomic mass is 19.4. The lowest BCUT2D eigenvalue weighted by molar-refractivity contribution is -0.185. The van der Waals surface area contributed by atoms with Gasteiger partial charge >= 0.3 is 6.18 Å². The molecule has 96 valence electrons. The maximum atomic E-state index is 12.4. The lowest BCUT2D eigenvalue weighted by Crippen LogP contribution is -2.38. The molecule has 0 bridgehead atoms. The fourth-order valence-electron chi connectivity index (χ4n) is 2.01. The molecule has 4 nitrogen and oxygen atoms in total. The monoisotopic (exact) mass is 249 g/mol. The summed E-state index contributed by atoms with van der Waals surface area (Å²) in [7, 11) is 0. The second-order valence-electron chi connectivity index (χ2n) is 4.31. The van der Waals surface area contributed by atoms with E-state index in [1.165, 1.54) is 0 Å². The van der Waals surface area contributed by atoms with Crippen molar-refractivity contribution in [3.8, 4) is 0 Å².